The minimum absolute atomic E-state index is 0.0488. The summed E-state index contributed by atoms with van der Waals surface area (Å²) in [5, 5.41) is 12.7. The number of benzene rings is 1. The van der Waals surface area contributed by atoms with E-state index in [4.69, 9.17) is 5.26 Å². The largest absolute Gasteiger partial charge is 0.433 e. The van der Waals surface area contributed by atoms with Crippen LogP contribution in [0.15, 0.2) is 36.5 Å². The van der Waals surface area contributed by atoms with Gasteiger partial charge in [-0.15, -0.1) is 0 Å². The van der Waals surface area contributed by atoms with Gasteiger partial charge in [0.2, 0.25) is 0 Å². The molecule has 3 rings (SSSR count). The van der Waals surface area contributed by atoms with Gasteiger partial charge in [0, 0.05) is 12.0 Å². The van der Waals surface area contributed by atoms with Gasteiger partial charge < -0.3 is 4.90 Å². The molecule has 1 fully saturated rings. The summed E-state index contributed by atoms with van der Waals surface area (Å²) in [5.74, 6) is -0.603. The van der Waals surface area contributed by atoms with Crippen molar-refractivity contribution >= 4 is 5.91 Å². The molecule has 130 valence electrons. The second-order valence-electron chi connectivity index (χ2n) is 5.61. The molecule has 2 atom stereocenters. The first kappa shape index (κ1) is 17.0. The molecular formula is C16H12F4N4O. The fourth-order valence-corrected chi connectivity index (χ4v) is 2.79. The van der Waals surface area contributed by atoms with Crippen LogP contribution in [0.25, 0.3) is 5.69 Å². The molecule has 0 radical (unpaired) electrons. The predicted molar refractivity (Wildman–Crippen MR) is 78.5 cm³/mol. The third-order valence-corrected chi connectivity index (χ3v) is 3.93. The zero-order valence-electron chi connectivity index (χ0n) is 12.7. The first-order chi connectivity index (χ1) is 11.8. The highest BCUT2D eigenvalue weighted by Crippen LogP contribution is 2.31. The lowest BCUT2D eigenvalue weighted by Crippen LogP contribution is -2.35. The van der Waals surface area contributed by atoms with Crippen molar-refractivity contribution < 1.29 is 22.4 Å². The molecule has 0 saturated carbocycles. The topological polar surface area (TPSA) is 61.9 Å². The smallest absolute Gasteiger partial charge is 0.320 e. The minimum Gasteiger partial charge on any atom is -0.320 e. The number of carbonyl (C=O) groups is 1. The predicted octanol–water partition coefficient (Wildman–Crippen LogP) is 2.97. The fraction of sp³-hybridized carbons (Fsp3) is 0.312. The van der Waals surface area contributed by atoms with Crippen LogP contribution in [0.2, 0.25) is 0 Å². The second kappa shape index (κ2) is 6.20. The maximum atomic E-state index is 13.5. The molecule has 1 aliphatic heterocycles. The number of halogens is 4. The van der Waals surface area contributed by atoms with Crippen molar-refractivity contribution in [3.05, 3.63) is 47.8 Å². The van der Waals surface area contributed by atoms with Gasteiger partial charge in [-0.05, 0) is 24.3 Å². The third-order valence-electron chi connectivity index (χ3n) is 3.93. The van der Waals surface area contributed by atoms with Gasteiger partial charge in [0.1, 0.15) is 17.9 Å². The summed E-state index contributed by atoms with van der Waals surface area (Å²) in [5.41, 5.74) is -0.861. The summed E-state index contributed by atoms with van der Waals surface area (Å²) in [6.07, 6.45) is -4.95. The lowest BCUT2D eigenvalue weighted by atomic mass is 10.1. The van der Waals surface area contributed by atoms with Crippen LogP contribution >= 0.6 is 0 Å². The average molecular weight is 352 g/mol. The zero-order valence-corrected chi connectivity index (χ0v) is 12.7. The van der Waals surface area contributed by atoms with Crippen LogP contribution in [0.5, 0.6) is 0 Å². The minimum atomic E-state index is -4.60. The number of hydrogen-bond acceptors (Lipinski definition) is 3. The van der Waals surface area contributed by atoms with Crippen molar-refractivity contribution in [1.29, 1.82) is 5.26 Å². The van der Waals surface area contributed by atoms with Crippen LogP contribution in [-0.2, 0) is 6.18 Å². The van der Waals surface area contributed by atoms with Crippen LogP contribution in [-0.4, -0.2) is 39.3 Å². The molecule has 0 spiro atoms. The van der Waals surface area contributed by atoms with Crippen LogP contribution in [0.3, 0.4) is 0 Å². The van der Waals surface area contributed by atoms with E-state index in [9.17, 15) is 22.4 Å². The Morgan fingerprint density at radius 1 is 1.32 bits per heavy atom. The van der Waals surface area contributed by atoms with Crippen LogP contribution in [0.4, 0.5) is 17.6 Å². The maximum absolute atomic E-state index is 13.5. The number of carbonyl (C=O) groups excluding carboxylic acids is 1. The molecule has 25 heavy (non-hydrogen) atoms. The number of hydrogen-bond donors (Lipinski definition) is 0. The van der Waals surface area contributed by atoms with Gasteiger partial charge in [-0.3, -0.25) is 4.79 Å². The van der Waals surface area contributed by atoms with E-state index in [1.54, 1.807) is 0 Å². The van der Waals surface area contributed by atoms with Crippen molar-refractivity contribution in [3.8, 4) is 11.8 Å². The SMILES string of the molecule is N#CC1CC(F)CN1C(=O)c1cccc(-n2nccc2C(F)(F)F)c1. The van der Waals surface area contributed by atoms with E-state index in [-0.39, 0.29) is 24.2 Å². The maximum Gasteiger partial charge on any atom is 0.433 e. The molecular weight excluding hydrogens is 340 g/mol. The Morgan fingerprint density at radius 2 is 2.08 bits per heavy atom. The molecule has 1 saturated heterocycles. The van der Waals surface area contributed by atoms with Gasteiger partial charge in [0.15, 0.2) is 0 Å². The van der Waals surface area contributed by atoms with Gasteiger partial charge in [0.05, 0.1) is 24.5 Å². The van der Waals surface area contributed by atoms with E-state index in [2.05, 4.69) is 5.10 Å². The molecule has 0 aliphatic carbocycles. The standard InChI is InChI=1S/C16H12F4N4O/c17-11-7-13(8-21)23(9-11)15(25)10-2-1-3-12(6-10)24-14(4-5-22-24)16(18,19)20/h1-6,11,13H,7,9H2. The lowest BCUT2D eigenvalue weighted by molar-refractivity contribution is -0.142. The van der Waals surface area contributed by atoms with Crippen LogP contribution in [0, 0.1) is 11.3 Å². The normalized spacial score (nSPS) is 20.5. The molecule has 1 aliphatic rings. The van der Waals surface area contributed by atoms with Crippen molar-refractivity contribution in [1.82, 2.24) is 14.7 Å². The quantitative estimate of drug-likeness (QED) is 0.781. The molecule has 1 aromatic carbocycles. The van der Waals surface area contributed by atoms with Gasteiger partial charge in [-0.2, -0.15) is 23.5 Å². The Labute approximate surface area is 140 Å². The fourth-order valence-electron chi connectivity index (χ4n) is 2.79. The van der Waals surface area contributed by atoms with Gasteiger partial charge in [-0.1, -0.05) is 6.07 Å². The molecule has 1 amide bonds. The number of likely N-dealkylation sites (tertiary alicyclic amines) is 1. The molecule has 2 unspecified atom stereocenters. The molecule has 0 bridgehead atoms. The Kier molecular flexibility index (Phi) is 4.20. The first-order valence-electron chi connectivity index (χ1n) is 7.37. The van der Waals surface area contributed by atoms with Gasteiger partial charge in [0.25, 0.3) is 5.91 Å². The van der Waals surface area contributed by atoms with Gasteiger partial charge in [-0.25, -0.2) is 9.07 Å². The third kappa shape index (κ3) is 3.20. The molecule has 9 heteroatoms. The van der Waals surface area contributed by atoms with Crippen molar-refractivity contribution in [2.24, 2.45) is 0 Å². The van der Waals surface area contributed by atoms with Crippen molar-refractivity contribution in [3.63, 3.8) is 0 Å². The Bertz CT molecular complexity index is 839. The van der Waals surface area contributed by atoms with Crippen LogP contribution in [0.1, 0.15) is 22.5 Å². The van der Waals surface area contributed by atoms with E-state index in [1.807, 2.05) is 6.07 Å². The van der Waals surface area contributed by atoms with Crippen molar-refractivity contribution in [2.75, 3.05) is 6.54 Å². The summed E-state index contributed by atoms with van der Waals surface area (Å²) >= 11 is 0. The van der Waals surface area contributed by atoms with Crippen molar-refractivity contribution in [2.45, 2.75) is 24.8 Å². The zero-order chi connectivity index (χ0) is 18.2. The Morgan fingerprint density at radius 3 is 2.76 bits per heavy atom. The highest BCUT2D eigenvalue weighted by atomic mass is 19.4. The number of amides is 1. The number of nitriles is 1. The van der Waals surface area contributed by atoms with Gasteiger partial charge >= 0.3 is 6.18 Å². The highest BCUT2D eigenvalue weighted by Gasteiger charge is 2.37. The van der Waals surface area contributed by atoms with E-state index in [0.29, 0.717) is 4.68 Å². The number of rotatable bonds is 2. The molecule has 2 heterocycles. The van der Waals surface area contributed by atoms with E-state index in [1.165, 1.54) is 24.3 Å². The monoisotopic (exact) mass is 352 g/mol. The summed E-state index contributed by atoms with van der Waals surface area (Å²) in [6.45, 7) is -0.211. The Balaban J connectivity index is 1.94. The Hall–Kier alpha value is -2.89. The summed E-state index contributed by atoms with van der Waals surface area (Å²) in [4.78, 5) is 13.6. The first-order valence-corrected chi connectivity index (χ1v) is 7.37. The van der Waals surface area contributed by atoms with E-state index in [0.717, 1.165) is 17.2 Å². The van der Waals surface area contributed by atoms with Crippen LogP contribution < -0.4 is 0 Å². The molecule has 1 aromatic heterocycles. The average Bonchev–Trinajstić information content (AvgIpc) is 3.20. The number of aromatic nitrogens is 2. The lowest BCUT2D eigenvalue weighted by Gasteiger charge is -2.19. The highest BCUT2D eigenvalue weighted by molar-refractivity contribution is 5.95. The summed E-state index contributed by atoms with van der Waals surface area (Å²) in [7, 11) is 0. The van der Waals surface area contributed by atoms with E-state index < -0.39 is 30.0 Å². The molecule has 2 aromatic rings. The number of nitrogens with zero attached hydrogens (tertiary/aromatic N) is 4. The molecule has 0 N–H and O–H groups in total. The summed E-state index contributed by atoms with van der Waals surface area (Å²) < 4.78 is 53.2. The number of alkyl halides is 4. The molecule has 5 nitrogen and oxygen atoms in total. The van der Waals surface area contributed by atoms with E-state index >= 15 is 0 Å². The summed E-state index contributed by atoms with van der Waals surface area (Å²) in [6, 6.07) is 7.24. The second-order valence-corrected chi connectivity index (χ2v) is 5.61.